The first kappa shape index (κ1) is 15.5. The SMILES string of the molecule is CC(C)(C)N(O)C(=O)c1cc([N+](=O)[O-])cc([N+](=O)[O-])c1. The summed E-state index contributed by atoms with van der Waals surface area (Å²) < 4.78 is 0. The Balaban J connectivity index is 3.34. The third kappa shape index (κ3) is 3.26. The van der Waals surface area contributed by atoms with Gasteiger partial charge < -0.3 is 0 Å². The summed E-state index contributed by atoms with van der Waals surface area (Å²) in [5, 5.41) is 31.5. The van der Waals surface area contributed by atoms with E-state index in [2.05, 4.69) is 0 Å². The maximum Gasteiger partial charge on any atom is 0.278 e. The van der Waals surface area contributed by atoms with E-state index in [1.54, 1.807) is 0 Å². The second-order valence-corrected chi connectivity index (χ2v) is 5.04. The number of nitro groups is 2. The van der Waals surface area contributed by atoms with Crippen LogP contribution < -0.4 is 0 Å². The number of non-ortho nitro benzene ring substituents is 2. The Labute approximate surface area is 113 Å². The van der Waals surface area contributed by atoms with Gasteiger partial charge in [-0.05, 0) is 20.8 Å². The van der Waals surface area contributed by atoms with Crippen LogP contribution in [0.15, 0.2) is 18.2 Å². The molecule has 1 N–H and O–H groups in total. The van der Waals surface area contributed by atoms with E-state index in [0.717, 1.165) is 18.2 Å². The number of nitrogens with zero attached hydrogens (tertiary/aromatic N) is 3. The van der Waals surface area contributed by atoms with Crippen molar-refractivity contribution in [3.05, 3.63) is 44.0 Å². The highest BCUT2D eigenvalue weighted by Gasteiger charge is 2.28. The van der Waals surface area contributed by atoms with Crippen LogP contribution in [-0.4, -0.2) is 31.6 Å². The molecule has 1 aromatic carbocycles. The Morgan fingerprint density at radius 2 is 1.50 bits per heavy atom. The first-order valence-electron chi connectivity index (χ1n) is 5.51. The minimum Gasteiger partial charge on any atom is -0.285 e. The van der Waals surface area contributed by atoms with Gasteiger partial charge >= 0.3 is 0 Å². The number of benzene rings is 1. The number of hydrogen-bond acceptors (Lipinski definition) is 6. The summed E-state index contributed by atoms with van der Waals surface area (Å²) >= 11 is 0. The maximum atomic E-state index is 12.0. The largest absolute Gasteiger partial charge is 0.285 e. The summed E-state index contributed by atoms with van der Waals surface area (Å²) in [6.45, 7) is 4.62. The van der Waals surface area contributed by atoms with E-state index in [4.69, 9.17) is 0 Å². The van der Waals surface area contributed by atoms with Crippen molar-refractivity contribution in [2.75, 3.05) is 0 Å². The molecule has 0 aliphatic rings. The molecule has 0 atom stereocenters. The average Bonchev–Trinajstić information content (AvgIpc) is 2.35. The van der Waals surface area contributed by atoms with E-state index < -0.39 is 32.7 Å². The predicted octanol–water partition coefficient (Wildman–Crippen LogP) is 2.13. The molecule has 0 unspecified atom stereocenters. The van der Waals surface area contributed by atoms with E-state index in [1.165, 1.54) is 20.8 Å². The molecule has 0 saturated carbocycles. The van der Waals surface area contributed by atoms with Gasteiger partial charge in [0.25, 0.3) is 17.3 Å². The summed E-state index contributed by atoms with van der Waals surface area (Å²) in [7, 11) is 0. The van der Waals surface area contributed by atoms with Crippen molar-refractivity contribution in [2.24, 2.45) is 0 Å². The van der Waals surface area contributed by atoms with Gasteiger partial charge in [-0.15, -0.1) is 0 Å². The summed E-state index contributed by atoms with van der Waals surface area (Å²) in [4.78, 5) is 31.7. The quantitative estimate of drug-likeness (QED) is 0.514. The van der Waals surface area contributed by atoms with E-state index in [1.807, 2.05) is 0 Å². The Bertz CT molecular complexity index is 546. The molecule has 9 heteroatoms. The number of carbonyl (C=O) groups excluding carboxylic acids is 1. The Kier molecular flexibility index (Phi) is 4.04. The van der Waals surface area contributed by atoms with Gasteiger partial charge in [-0.25, -0.2) is 5.06 Å². The van der Waals surface area contributed by atoms with Gasteiger partial charge in [-0.3, -0.25) is 30.2 Å². The van der Waals surface area contributed by atoms with Crippen LogP contribution in [0, 0.1) is 20.2 Å². The van der Waals surface area contributed by atoms with E-state index >= 15 is 0 Å². The molecule has 1 rings (SSSR count). The smallest absolute Gasteiger partial charge is 0.278 e. The lowest BCUT2D eigenvalue weighted by atomic mass is 10.1. The minimum atomic E-state index is -0.954. The highest BCUT2D eigenvalue weighted by molar-refractivity contribution is 5.95. The van der Waals surface area contributed by atoms with Gasteiger partial charge in [-0.2, -0.15) is 0 Å². The van der Waals surface area contributed by atoms with Crippen LogP contribution >= 0.6 is 0 Å². The fraction of sp³-hybridized carbons (Fsp3) is 0.364. The topological polar surface area (TPSA) is 127 Å². The van der Waals surface area contributed by atoms with Crippen molar-refractivity contribution in [3.63, 3.8) is 0 Å². The molecule has 0 aromatic heterocycles. The predicted molar refractivity (Wildman–Crippen MR) is 67.5 cm³/mol. The molecule has 1 aromatic rings. The number of hydrogen-bond donors (Lipinski definition) is 1. The Morgan fingerprint density at radius 3 is 1.80 bits per heavy atom. The fourth-order valence-corrected chi connectivity index (χ4v) is 1.36. The van der Waals surface area contributed by atoms with Gasteiger partial charge in [0.05, 0.1) is 27.0 Å². The standard InChI is InChI=1S/C11H13N3O6/c1-11(2,3)12(16)10(15)7-4-8(13(17)18)6-9(5-7)14(19)20/h4-6,16H,1-3H3. The molecule has 0 bridgehead atoms. The van der Waals surface area contributed by atoms with Crippen LogP contribution in [0.4, 0.5) is 11.4 Å². The summed E-state index contributed by atoms with van der Waals surface area (Å²) in [6.07, 6.45) is 0. The van der Waals surface area contributed by atoms with Crippen LogP contribution in [0.25, 0.3) is 0 Å². The average molecular weight is 283 g/mol. The molecule has 0 spiro atoms. The number of carbonyl (C=O) groups is 1. The molecule has 20 heavy (non-hydrogen) atoms. The zero-order chi connectivity index (χ0) is 15.7. The second-order valence-electron chi connectivity index (χ2n) is 5.04. The molecule has 0 aliphatic carbocycles. The zero-order valence-electron chi connectivity index (χ0n) is 11.1. The van der Waals surface area contributed by atoms with Crippen molar-refractivity contribution >= 4 is 17.3 Å². The van der Waals surface area contributed by atoms with E-state index in [0.29, 0.717) is 5.06 Å². The molecule has 0 aliphatic heterocycles. The molecule has 0 saturated heterocycles. The second kappa shape index (κ2) is 5.21. The monoisotopic (exact) mass is 283 g/mol. The molecule has 9 nitrogen and oxygen atoms in total. The van der Waals surface area contributed by atoms with Gasteiger partial charge in [-0.1, -0.05) is 0 Å². The van der Waals surface area contributed by atoms with Crippen LogP contribution in [-0.2, 0) is 0 Å². The van der Waals surface area contributed by atoms with Gasteiger partial charge in [0.2, 0.25) is 0 Å². The van der Waals surface area contributed by atoms with Crippen LogP contribution in [0.1, 0.15) is 31.1 Å². The minimum absolute atomic E-state index is 0.330. The molecule has 0 heterocycles. The lowest BCUT2D eigenvalue weighted by Crippen LogP contribution is -2.43. The van der Waals surface area contributed by atoms with Crippen molar-refractivity contribution < 1.29 is 19.8 Å². The highest BCUT2D eigenvalue weighted by Crippen LogP contribution is 2.24. The molecular weight excluding hydrogens is 270 g/mol. The molecule has 1 amide bonds. The molecule has 0 fully saturated rings. The number of rotatable bonds is 3. The molecular formula is C11H13N3O6. The van der Waals surface area contributed by atoms with Crippen LogP contribution in [0.3, 0.4) is 0 Å². The Morgan fingerprint density at radius 1 is 1.10 bits per heavy atom. The van der Waals surface area contributed by atoms with E-state index in [9.17, 15) is 30.2 Å². The lowest BCUT2D eigenvalue weighted by Gasteiger charge is -2.29. The third-order valence-corrected chi connectivity index (χ3v) is 2.40. The maximum absolute atomic E-state index is 12.0. The zero-order valence-corrected chi connectivity index (χ0v) is 11.1. The van der Waals surface area contributed by atoms with Crippen molar-refractivity contribution in [1.29, 1.82) is 0 Å². The van der Waals surface area contributed by atoms with Gasteiger partial charge in [0.15, 0.2) is 0 Å². The number of hydroxylamine groups is 2. The lowest BCUT2D eigenvalue weighted by molar-refractivity contribution is -0.394. The third-order valence-electron chi connectivity index (χ3n) is 2.40. The van der Waals surface area contributed by atoms with Crippen molar-refractivity contribution in [1.82, 2.24) is 5.06 Å². The van der Waals surface area contributed by atoms with E-state index in [-0.39, 0.29) is 5.56 Å². The van der Waals surface area contributed by atoms with Crippen LogP contribution in [0.5, 0.6) is 0 Å². The normalized spacial score (nSPS) is 11.0. The van der Waals surface area contributed by atoms with Gasteiger partial charge in [0.1, 0.15) is 0 Å². The Hall–Kier alpha value is -2.55. The van der Waals surface area contributed by atoms with Crippen LogP contribution in [0.2, 0.25) is 0 Å². The molecule has 108 valence electrons. The fourth-order valence-electron chi connectivity index (χ4n) is 1.36. The van der Waals surface area contributed by atoms with Gasteiger partial charge in [0, 0.05) is 12.1 Å². The summed E-state index contributed by atoms with van der Waals surface area (Å²) in [5.41, 5.74) is -2.46. The van der Waals surface area contributed by atoms with Crippen molar-refractivity contribution in [2.45, 2.75) is 26.3 Å². The first-order valence-corrected chi connectivity index (χ1v) is 5.51. The first-order chi connectivity index (χ1) is 9.04. The number of amides is 1. The number of nitro benzene ring substituents is 2. The highest BCUT2D eigenvalue weighted by atomic mass is 16.6. The molecule has 0 radical (unpaired) electrons. The van der Waals surface area contributed by atoms with Crippen molar-refractivity contribution in [3.8, 4) is 0 Å². The summed E-state index contributed by atoms with van der Waals surface area (Å²) in [5.74, 6) is -0.954. The summed E-state index contributed by atoms with van der Waals surface area (Å²) in [6, 6.07) is 2.50.